The Hall–Kier alpha value is -1.49. The van der Waals surface area contributed by atoms with E-state index in [4.69, 9.17) is 5.73 Å². The van der Waals surface area contributed by atoms with E-state index in [2.05, 4.69) is 20.9 Å². The molecule has 0 aliphatic heterocycles. The molecule has 1 aromatic heterocycles. The van der Waals surface area contributed by atoms with Crippen LogP contribution in [0, 0.1) is 18.6 Å². The summed E-state index contributed by atoms with van der Waals surface area (Å²) in [5.41, 5.74) is 6.50. The van der Waals surface area contributed by atoms with Crippen LogP contribution in [0.25, 0.3) is 11.1 Å². The number of nitrogens with two attached hydrogens (primary N) is 1. The van der Waals surface area contributed by atoms with Crippen molar-refractivity contribution in [1.29, 1.82) is 0 Å². The number of hydrogen-bond donors (Lipinski definition) is 1. The lowest BCUT2D eigenvalue weighted by molar-refractivity contribution is 0.585. The van der Waals surface area contributed by atoms with Gasteiger partial charge < -0.3 is 5.73 Å². The van der Waals surface area contributed by atoms with E-state index in [1.165, 1.54) is 18.3 Å². The highest BCUT2D eigenvalue weighted by Gasteiger charge is 2.18. The van der Waals surface area contributed by atoms with Crippen molar-refractivity contribution >= 4 is 21.7 Å². The van der Waals surface area contributed by atoms with Crippen molar-refractivity contribution in [3.05, 3.63) is 46.1 Å². The lowest BCUT2D eigenvalue weighted by atomic mass is 10.0. The fraction of sp³-hybridized carbons (Fsp3) is 0.0833. The van der Waals surface area contributed by atoms with E-state index in [0.717, 1.165) is 0 Å². The van der Waals surface area contributed by atoms with Crippen LogP contribution in [0.5, 0.6) is 0 Å². The number of nitrogens with zero attached hydrogens (tertiary/aromatic N) is 1. The first-order valence-corrected chi connectivity index (χ1v) is 5.66. The monoisotopic (exact) mass is 298 g/mol. The van der Waals surface area contributed by atoms with E-state index < -0.39 is 11.6 Å². The maximum atomic E-state index is 13.9. The highest BCUT2D eigenvalue weighted by Crippen LogP contribution is 2.35. The molecule has 0 saturated heterocycles. The van der Waals surface area contributed by atoms with Gasteiger partial charge in [0.1, 0.15) is 17.5 Å². The van der Waals surface area contributed by atoms with Crippen molar-refractivity contribution in [2.75, 3.05) is 5.73 Å². The molecule has 1 heterocycles. The minimum Gasteiger partial charge on any atom is -0.383 e. The van der Waals surface area contributed by atoms with Gasteiger partial charge in [-0.3, -0.25) is 0 Å². The number of aromatic nitrogens is 1. The molecule has 0 amide bonds. The lowest BCUT2D eigenvalue weighted by Crippen LogP contribution is -2.00. The Balaban J connectivity index is 2.82. The van der Waals surface area contributed by atoms with Gasteiger partial charge in [-0.1, -0.05) is 0 Å². The average molecular weight is 299 g/mol. The number of pyridine rings is 1. The van der Waals surface area contributed by atoms with Crippen LogP contribution in [0.3, 0.4) is 0 Å². The van der Waals surface area contributed by atoms with Crippen molar-refractivity contribution < 1.29 is 8.78 Å². The van der Waals surface area contributed by atoms with E-state index in [0.29, 0.717) is 11.1 Å². The van der Waals surface area contributed by atoms with Crippen LogP contribution in [0.15, 0.2) is 28.9 Å². The zero-order valence-electron chi connectivity index (χ0n) is 8.97. The Morgan fingerprint density at radius 1 is 1.18 bits per heavy atom. The van der Waals surface area contributed by atoms with Crippen molar-refractivity contribution in [2.24, 2.45) is 0 Å². The van der Waals surface area contributed by atoms with Gasteiger partial charge >= 0.3 is 0 Å². The highest BCUT2D eigenvalue weighted by atomic mass is 79.9. The highest BCUT2D eigenvalue weighted by molar-refractivity contribution is 9.10. The quantitative estimate of drug-likeness (QED) is 0.816. The summed E-state index contributed by atoms with van der Waals surface area (Å²) >= 11 is 3.02. The van der Waals surface area contributed by atoms with Crippen LogP contribution in [0.1, 0.15) is 5.56 Å². The number of nitrogen functional groups attached to an aromatic ring is 1. The Bertz CT molecular complexity index is 565. The van der Waals surface area contributed by atoms with Crippen LogP contribution in [-0.4, -0.2) is 4.98 Å². The number of halogens is 3. The van der Waals surface area contributed by atoms with E-state index in [1.807, 2.05) is 0 Å². The molecule has 88 valence electrons. The SMILES string of the molecule is Cc1ccnc(N)c1-c1c(F)ccc(Br)c1F. The first kappa shape index (κ1) is 12.0. The van der Waals surface area contributed by atoms with Gasteiger partial charge in [-0.15, -0.1) is 0 Å². The molecule has 0 aliphatic rings. The van der Waals surface area contributed by atoms with Gasteiger partial charge in [0.05, 0.1) is 10.0 Å². The Kier molecular flexibility index (Phi) is 3.11. The second-order valence-electron chi connectivity index (χ2n) is 3.61. The molecule has 2 rings (SSSR count). The Labute approximate surface area is 106 Å². The maximum Gasteiger partial charge on any atom is 0.148 e. The molecule has 2 nitrogen and oxygen atoms in total. The van der Waals surface area contributed by atoms with Gasteiger partial charge in [-0.25, -0.2) is 13.8 Å². The first-order valence-electron chi connectivity index (χ1n) is 4.87. The summed E-state index contributed by atoms with van der Waals surface area (Å²) in [6.07, 6.45) is 1.50. The summed E-state index contributed by atoms with van der Waals surface area (Å²) in [7, 11) is 0. The standard InChI is InChI=1S/C12H9BrF2N2/c1-6-4-5-17-12(16)9(6)10-8(14)3-2-7(13)11(10)15/h2-5H,1H3,(H2,16,17). The number of benzene rings is 1. The molecular weight excluding hydrogens is 290 g/mol. The van der Waals surface area contributed by atoms with Crippen molar-refractivity contribution in [2.45, 2.75) is 6.92 Å². The molecule has 0 unspecified atom stereocenters. The Morgan fingerprint density at radius 3 is 2.53 bits per heavy atom. The zero-order chi connectivity index (χ0) is 12.6. The largest absolute Gasteiger partial charge is 0.383 e. The third kappa shape index (κ3) is 2.02. The Morgan fingerprint density at radius 2 is 1.88 bits per heavy atom. The molecule has 0 spiro atoms. The fourth-order valence-electron chi connectivity index (χ4n) is 1.66. The first-order chi connectivity index (χ1) is 8.02. The molecule has 5 heteroatoms. The molecular formula is C12H9BrF2N2. The van der Waals surface area contributed by atoms with Crippen LogP contribution in [0.4, 0.5) is 14.6 Å². The van der Waals surface area contributed by atoms with Gasteiger partial charge in [0.15, 0.2) is 0 Å². The molecule has 2 aromatic rings. The molecule has 17 heavy (non-hydrogen) atoms. The summed E-state index contributed by atoms with van der Waals surface area (Å²) in [6.45, 7) is 1.73. The second kappa shape index (κ2) is 4.41. The topological polar surface area (TPSA) is 38.9 Å². The summed E-state index contributed by atoms with van der Waals surface area (Å²) in [5.74, 6) is -1.22. The minimum absolute atomic E-state index is 0.112. The van der Waals surface area contributed by atoms with E-state index >= 15 is 0 Å². The fourth-order valence-corrected chi connectivity index (χ4v) is 1.99. The predicted molar refractivity (Wildman–Crippen MR) is 66.4 cm³/mol. The normalized spacial score (nSPS) is 10.6. The molecule has 2 N–H and O–H groups in total. The van der Waals surface area contributed by atoms with E-state index in [9.17, 15) is 8.78 Å². The summed E-state index contributed by atoms with van der Waals surface area (Å²) < 4.78 is 27.9. The molecule has 0 saturated carbocycles. The van der Waals surface area contributed by atoms with E-state index in [1.54, 1.807) is 13.0 Å². The average Bonchev–Trinajstić information content (AvgIpc) is 2.28. The van der Waals surface area contributed by atoms with Gasteiger partial charge in [0, 0.05) is 11.8 Å². The number of hydrogen-bond acceptors (Lipinski definition) is 2. The summed E-state index contributed by atoms with van der Waals surface area (Å²) in [5, 5.41) is 0. The zero-order valence-corrected chi connectivity index (χ0v) is 10.6. The second-order valence-corrected chi connectivity index (χ2v) is 4.46. The van der Waals surface area contributed by atoms with Crippen LogP contribution >= 0.6 is 15.9 Å². The number of aryl methyl sites for hydroxylation is 1. The number of rotatable bonds is 1. The van der Waals surface area contributed by atoms with Gasteiger partial charge in [-0.05, 0) is 46.6 Å². The molecule has 0 atom stereocenters. The smallest absolute Gasteiger partial charge is 0.148 e. The van der Waals surface area contributed by atoms with E-state index in [-0.39, 0.29) is 15.9 Å². The third-order valence-electron chi connectivity index (χ3n) is 2.48. The molecule has 0 bridgehead atoms. The van der Waals surface area contributed by atoms with Crippen molar-refractivity contribution in [3.63, 3.8) is 0 Å². The third-order valence-corrected chi connectivity index (χ3v) is 3.10. The molecule has 0 aliphatic carbocycles. The van der Waals surface area contributed by atoms with Crippen LogP contribution < -0.4 is 5.73 Å². The number of anilines is 1. The maximum absolute atomic E-state index is 13.9. The van der Waals surface area contributed by atoms with Gasteiger partial charge in [0.25, 0.3) is 0 Å². The van der Waals surface area contributed by atoms with Crippen molar-refractivity contribution in [1.82, 2.24) is 4.98 Å². The van der Waals surface area contributed by atoms with Crippen LogP contribution in [-0.2, 0) is 0 Å². The van der Waals surface area contributed by atoms with Crippen molar-refractivity contribution in [3.8, 4) is 11.1 Å². The molecule has 0 radical (unpaired) electrons. The van der Waals surface area contributed by atoms with Gasteiger partial charge in [0.2, 0.25) is 0 Å². The predicted octanol–water partition coefficient (Wildman–Crippen LogP) is 3.68. The van der Waals surface area contributed by atoms with Crippen LogP contribution in [0.2, 0.25) is 0 Å². The molecule has 0 fully saturated rings. The summed E-state index contributed by atoms with van der Waals surface area (Å²) in [6, 6.07) is 4.16. The minimum atomic E-state index is -0.673. The summed E-state index contributed by atoms with van der Waals surface area (Å²) in [4.78, 5) is 3.86. The lowest BCUT2D eigenvalue weighted by Gasteiger charge is -2.11. The van der Waals surface area contributed by atoms with Gasteiger partial charge in [-0.2, -0.15) is 0 Å². The molecule has 1 aromatic carbocycles.